The topological polar surface area (TPSA) is 73.1 Å². The molecular weight excluding hydrogens is 234 g/mol. The van der Waals surface area contributed by atoms with Gasteiger partial charge in [-0.05, 0) is 9.91 Å². The summed E-state index contributed by atoms with van der Waals surface area (Å²) in [5, 5.41) is 9.61. The van der Waals surface area contributed by atoms with E-state index in [9.17, 15) is 23.7 Å². The Bertz CT molecular complexity index is 425. The zero-order valence-electron chi connectivity index (χ0n) is 6.99. The van der Waals surface area contributed by atoms with Gasteiger partial charge >= 0.3 is 5.82 Å². The minimum Gasteiger partial charge on any atom is -0.358 e. The molecule has 0 atom stereocenters. The third-order valence-electron chi connectivity index (χ3n) is 1.52. The van der Waals surface area contributed by atoms with E-state index in [0.717, 1.165) is 0 Å². The third kappa shape index (κ3) is 2.24. The number of pyridine rings is 1. The molecule has 0 aliphatic rings. The van der Waals surface area contributed by atoms with Gasteiger partial charge in [0.05, 0.1) is 0 Å². The summed E-state index contributed by atoms with van der Waals surface area (Å²) in [5.74, 6) is -0.948. The molecule has 0 aliphatic heterocycles. The van der Waals surface area contributed by atoms with E-state index in [1.54, 1.807) is 0 Å². The van der Waals surface area contributed by atoms with Crippen LogP contribution in [0.25, 0.3) is 0 Å². The Hall–Kier alpha value is -1.63. The van der Waals surface area contributed by atoms with Crippen molar-refractivity contribution < 1.29 is 18.5 Å². The first-order valence-electron chi connectivity index (χ1n) is 3.55. The monoisotopic (exact) mass is 236 g/mol. The van der Waals surface area contributed by atoms with Crippen molar-refractivity contribution in [1.29, 1.82) is 0 Å². The van der Waals surface area contributed by atoms with Crippen molar-refractivity contribution >= 4 is 23.7 Å². The Balaban J connectivity index is 3.46. The van der Waals surface area contributed by atoms with Crippen molar-refractivity contribution in [3.05, 3.63) is 32.5 Å². The molecule has 0 bridgehead atoms. The molecule has 1 aromatic rings. The van der Waals surface area contributed by atoms with Crippen molar-refractivity contribution in [2.45, 2.75) is 6.43 Å². The van der Waals surface area contributed by atoms with Gasteiger partial charge in [-0.2, -0.15) is 0 Å². The molecule has 5 nitrogen and oxygen atoms in total. The standard InChI is InChI=1S/C7H3ClF2N2O3/c8-5-4(6(9)10)1-3(2-13)11-7(5)12(14)15/h1-2,6H. The molecule has 0 aromatic carbocycles. The first kappa shape index (κ1) is 11.4. The second-order valence-corrected chi connectivity index (χ2v) is 2.83. The van der Waals surface area contributed by atoms with Crippen LogP contribution in [0.4, 0.5) is 14.6 Å². The van der Waals surface area contributed by atoms with E-state index in [-0.39, 0.29) is 6.29 Å². The van der Waals surface area contributed by atoms with E-state index < -0.39 is 33.4 Å². The van der Waals surface area contributed by atoms with Gasteiger partial charge in [-0.15, -0.1) is 0 Å². The Kier molecular flexibility index (Phi) is 3.25. The largest absolute Gasteiger partial charge is 0.383 e. The minimum absolute atomic E-state index is 0.134. The summed E-state index contributed by atoms with van der Waals surface area (Å²) in [6.45, 7) is 0. The molecular formula is C7H3ClF2N2O3. The summed E-state index contributed by atoms with van der Waals surface area (Å²) in [5.41, 5.74) is -1.23. The highest BCUT2D eigenvalue weighted by Crippen LogP contribution is 2.32. The highest BCUT2D eigenvalue weighted by molar-refractivity contribution is 6.33. The number of aromatic nitrogens is 1. The van der Waals surface area contributed by atoms with Gasteiger partial charge in [0, 0.05) is 11.6 Å². The van der Waals surface area contributed by atoms with Crippen LogP contribution in [-0.4, -0.2) is 16.2 Å². The lowest BCUT2D eigenvalue weighted by Crippen LogP contribution is -2.01. The lowest BCUT2D eigenvalue weighted by Gasteiger charge is -2.02. The fraction of sp³-hybridized carbons (Fsp3) is 0.143. The van der Waals surface area contributed by atoms with Gasteiger partial charge < -0.3 is 10.1 Å². The van der Waals surface area contributed by atoms with Crippen LogP contribution in [0.1, 0.15) is 22.5 Å². The van der Waals surface area contributed by atoms with Gasteiger partial charge in [0.1, 0.15) is 5.02 Å². The van der Waals surface area contributed by atoms with E-state index >= 15 is 0 Å². The predicted octanol–water partition coefficient (Wildman–Crippen LogP) is 2.39. The number of nitro groups is 1. The lowest BCUT2D eigenvalue weighted by molar-refractivity contribution is -0.389. The molecule has 0 unspecified atom stereocenters. The van der Waals surface area contributed by atoms with E-state index in [1.807, 2.05) is 0 Å². The third-order valence-corrected chi connectivity index (χ3v) is 1.90. The molecule has 1 aromatic heterocycles. The van der Waals surface area contributed by atoms with Crippen LogP contribution in [0.3, 0.4) is 0 Å². The number of halogens is 3. The molecule has 0 radical (unpaired) electrons. The first-order valence-corrected chi connectivity index (χ1v) is 3.93. The minimum atomic E-state index is -3.00. The van der Waals surface area contributed by atoms with Crippen LogP contribution < -0.4 is 0 Å². The van der Waals surface area contributed by atoms with Gasteiger partial charge in [-0.25, -0.2) is 8.78 Å². The number of carbonyl (C=O) groups is 1. The van der Waals surface area contributed by atoms with Crippen LogP contribution in [0.15, 0.2) is 6.07 Å². The van der Waals surface area contributed by atoms with E-state index in [1.165, 1.54) is 0 Å². The Labute approximate surface area is 86.8 Å². The van der Waals surface area contributed by atoms with Crippen LogP contribution in [0, 0.1) is 10.1 Å². The fourth-order valence-electron chi connectivity index (χ4n) is 0.896. The summed E-state index contributed by atoms with van der Waals surface area (Å²) < 4.78 is 24.7. The predicted molar refractivity (Wildman–Crippen MR) is 46.2 cm³/mol. The van der Waals surface area contributed by atoms with Gasteiger partial charge in [0.25, 0.3) is 6.43 Å². The number of hydrogen-bond acceptors (Lipinski definition) is 4. The van der Waals surface area contributed by atoms with Crippen molar-refractivity contribution in [2.24, 2.45) is 0 Å². The average molecular weight is 237 g/mol. The molecule has 0 saturated heterocycles. The van der Waals surface area contributed by atoms with Crippen molar-refractivity contribution in [3.63, 3.8) is 0 Å². The highest BCUT2D eigenvalue weighted by Gasteiger charge is 2.25. The van der Waals surface area contributed by atoms with Crippen molar-refractivity contribution in [1.82, 2.24) is 4.98 Å². The maximum Gasteiger partial charge on any atom is 0.383 e. The number of hydrogen-bond donors (Lipinski definition) is 0. The second kappa shape index (κ2) is 4.26. The summed E-state index contributed by atoms with van der Waals surface area (Å²) in [6.07, 6.45) is -2.87. The highest BCUT2D eigenvalue weighted by atomic mass is 35.5. The van der Waals surface area contributed by atoms with Crippen molar-refractivity contribution in [3.8, 4) is 0 Å². The van der Waals surface area contributed by atoms with E-state index in [0.29, 0.717) is 6.07 Å². The molecule has 0 spiro atoms. The molecule has 8 heteroatoms. The number of nitrogens with zero attached hydrogens (tertiary/aromatic N) is 2. The zero-order chi connectivity index (χ0) is 11.6. The molecule has 0 N–H and O–H groups in total. The normalized spacial score (nSPS) is 10.4. The second-order valence-electron chi connectivity index (χ2n) is 2.45. The van der Waals surface area contributed by atoms with E-state index in [4.69, 9.17) is 11.6 Å². The van der Waals surface area contributed by atoms with Gasteiger partial charge in [-0.3, -0.25) is 4.79 Å². The molecule has 0 saturated carbocycles. The summed E-state index contributed by atoms with van der Waals surface area (Å²) in [7, 11) is 0. The number of aldehydes is 1. The Morgan fingerprint density at radius 3 is 2.60 bits per heavy atom. The number of alkyl halides is 2. The molecule has 0 fully saturated rings. The molecule has 1 rings (SSSR count). The van der Waals surface area contributed by atoms with Crippen LogP contribution in [0.5, 0.6) is 0 Å². The lowest BCUT2D eigenvalue weighted by atomic mass is 10.2. The Morgan fingerprint density at radius 2 is 2.20 bits per heavy atom. The summed E-state index contributed by atoms with van der Waals surface area (Å²) in [6, 6.07) is 0.715. The molecule has 15 heavy (non-hydrogen) atoms. The number of carbonyl (C=O) groups excluding carboxylic acids is 1. The Morgan fingerprint density at radius 1 is 1.60 bits per heavy atom. The average Bonchev–Trinajstić information content (AvgIpc) is 2.17. The smallest absolute Gasteiger partial charge is 0.358 e. The fourth-order valence-corrected chi connectivity index (χ4v) is 1.14. The quantitative estimate of drug-likeness (QED) is 0.459. The maximum absolute atomic E-state index is 12.3. The first-order chi connectivity index (χ1) is 6.97. The summed E-state index contributed by atoms with van der Waals surface area (Å²) >= 11 is 5.33. The SMILES string of the molecule is O=Cc1cc(C(F)F)c(Cl)c([N+](=O)[O-])n1. The molecule has 0 amide bonds. The van der Waals surface area contributed by atoms with E-state index in [2.05, 4.69) is 4.98 Å². The zero-order valence-corrected chi connectivity index (χ0v) is 7.74. The van der Waals surface area contributed by atoms with Crippen LogP contribution in [-0.2, 0) is 0 Å². The van der Waals surface area contributed by atoms with Crippen LogP contribution >= 0.6 is 11.6 Å². The van der Waals surface area contributed by atoms with Gasteiger partial charge in [0.15, 0.2) is 6.29 Å². The molecule has 80 valence electrons. The van der Waals surface area contributed by atoms with Crippen LogP contribution in [0.2, 0.25) is 5.02 Å². The van der Waals surface area contributed by atoms with Gasteiger partial charge in [0.2, 0.25) is 5.69 Å². The maximum atomic E-state index is 12.3. The van der Waals surface area contributed by atoms with Crippen molar-refractivity contribution in [2.75, 3.05) is 0 Å². The number of rotatable bonds is 3. The molecule has 1 heterocycles. The summed E-state index contributed by atoms with van der Waals surface area (Å²) in [4.78, 5) is 22.8. The molecule has 0 aliphatic carbocycles. The van der Waals surface area contributed by atoms with Gasteiger partial charge in [-0.1, -0.05) is 11.6 Å².